The molecule has 1 unspecified atom stereocenters. The van der Waals surface area contributed by atoms with Crippen molar-refractivity contribution in [2.75, 3.05) is 0 Å². The van der Waals surface area contributed by atoms with Crippen LogP contribution in [0.3, 0.4) is 0 Å². The fourth-order valence-corrected chi connectivity index (χ4v) is 1.65. The van der Waals surface area contributed by atoms with Gasteiger partial charge in [0.15, 0.2) is 5.92 Å². The Bertz CT molecular complexity index is 736. The summed E-state index contributed by atoms with van der Waals surface area (Å²) < 4.78 is 4.27. The van der Waals surface area contributed by atoms with Gasteiger partial charge in [-0.15, -0.1) is 0 Å². The molecule has 1 radical (unpaired) electrons. The first-order valence-electron chi connectivity index (χ1n) is 4.83. The van der Waals surface area contributed by atoms with E-state index in [0.717, 1.165) is 12.1 Å². The summed E-state index contributed by atoms with van der Waals surface area (Å²) >= 11 is 0. The molecular weight excluding hydrogens is 281 g/mol. The Morgan fingerprint density at radius 3 is 2.75 bits per heavy atom. The van der Waals surface area contributed by atoms with Gasteiger partial charge in [-0.25, -0.2) is 0 Å². The standard InChI is InChI=1S/C9H5N5O5.Na/c10-3-5(9(11)15)4-1-2-6(13(16)17)8-7(4)12-19-14(8)18;/h1-2,5H,(H2,11,15);. The van der Waals surface area contributed by atoms with Gasteiger partial charge in [0.2, 0.25) is 5.91 Å². The van der Waals surface area contributed by atoms with Gasteiger partial charge in [-0.2, -0.15) is 5.26 Å². The Hall–Kier alpha value is -2.22. The first-order valence-corrected chi connectivity index (χ1v) is 4.83. The van der Waals surface area contributed by atoms with Crippen LogP contribution in [0, 0.1) is 26.7 Å². The first-order chi connectivity index (χ1) is 8.97. The van der Waals surface area contributed by atoms with Crippen LogP contribution in [0.4, 0.5) is 5.69 Å². The Labute approximate surface area is 132 Å². The van der Waals surface area contributed by atoms with Crippen molar-refractivity contribution in [3.05, 3.63) is 33.0 Å². The zero-order valence-corrected chi connectivity index (χ0v) is 12.1. The van der Waals surface area contributed by atoms with E-state index in [2.05, 4.69) is 9.79 Å². The molecule has 0 bridgehead atoms. The molecule has 1 amide bonds. The van der Waals surface area contributed by atoms with Crippen LogP contribution in [0.1, 0.15) is 11.5 Å². The number of rotatable bonds is 3. The van der Waals surface area contributed by atoms with E-state index in [1.54, 1.807) is 6.07 Å². The molecule has 0 fully saturated rings. The number of nitro benzene ring substituents is 1. The molecule has 97 valence electrons. The van der Waals surface area contributed by atoms with E-state index >= 15 is 0 Å². The zero-order chi connectivity index (χ0) is 14.2. The number of benzene rings is 1. The van der Waals surface area contributed by atoms with E-state index in [1.165, 1.54) is 0 Å². The van der Waals surface area contributed by atoms with E-state index in [9.17, 15) is 20.1 Å². The van der Waals surface area contributed by atoms with Crippen molar-refractivity contribution in [3.63, 3.8) is 0 Å². The molecule has 1 aromatic carbocycles. The second-order valence-corrected chi connectivity index (χ2v) is 3.52. The van der Waals surface area contributed by atoms with Gasteiger partial charge in [-0.05, 0) is 11.0 Å². The molecule has 10 nitrogen and oxygen atoms in total. The maximum absolute atomic E-state index is 11.3. The van der Waals surface area contributed by atoms with Gasteiger partial charge in [-0.1, -0.05) is 0 Å². The SMILES string of the molecule is N#CC(C(N)=O)c1ccc([N+](=O)[O-])c2c1no[n+]2[O-].[Na]. The Morgan fingerprint density at radius 1 is 1.60 bits per heavy atom. The second kappa shape index (κ2) is 5.83. The molecule has 0 aliphatic heterocycles. The third-order valence-electron chi connectivity index (χ3n) is 2.47. The summed E-state index contributed by atoms with van der Waals surface area (Å²) in [6.45, 7) is 0. The smallest absolute Gasteiger partial charge is 0.324 e. The molecule has 1 atom stereocenters. The van der Waals surface area contributed by atoms with Crippen molar-refractivity contribution in [3.8, 4) is 6.07 Å². The van der Waals surface area contributed by atoms with Crippen molar-refractivity contribution in [1.29, 1.82) is 5.26 Å². The van der Waals surface area contributed by atoms with Crippen LogP contribution in [-0.2, 0) is 4.79 Å². The molecule has 2 rings (SSSR count). The molecule has 0 aliphatic rings. The van der Waals surface area contributed by atoms with Crippen LogP contribution < -0.4 is 10.6 Å². The van der Waals surface area contributed by atoms with Gasteiger partial charge in [0.1, 0.15) is 0 Å². The summed E-state index contributed by atoms with van der Waals surface area (Å²) in [5, 5.41) is 34.3. The number of non-ortho nitro benzene ring substituents is 1. The van der Waals surface area contributed by atoms with Crippen molar-refractivity contribution >= 4 is 52.2 Å². The predicted molar refractivity (Wildman–Crippen MR) is 62.9 cm³/mol. The number of primary amides is 1. The van der Waals surface area contributed by atoms with Crippen molar-refractivity contribution < 1.29 is 19.2 Å². The zero-order valence-electron chi connectivity index (χ0n) is 10.1. The molecule has 0 spiro atoms. The van der Waals surface area contributed by atoms with Crippen LogP contribution >= 0.6 is 0 Å². The number of nitro groups is 1. The maximum atomic E-state index is 11.3. The summed E-state index contributed by atoms with van der Waals surface area (Å²) in [7, 11) is 0. The molecular formula is C9H5N5NaO5. The number of carbonyl (C=O) groups is 1. The molecule has 2 N–H and O–H groups in total. The normalized spacial score (nSPS) is 11.3. The van der Waals surface area contributed by atoms with Crippen LogP contribution in [0.2, 0.25) is 0 Å². The second-order valence-electron chi connectivity index (χ2n) is 3.52. The molecule has 1 aromatic heterocycles. The van der Waals surface area contributed by atoms with Crippen molar-refractivity contribution in [1.82, 2.24) is 5.16 Å². The number of aromatic nitrogens is 2. The number of amides is 1. The summed E-state index contributed by atoms with van der Waals surface area (Å²) in [5.41, 5.74) is 3.76. The quantitative estimate of drug-likeness (QED) is 0.330. The first kappa shape index (κ1) is 15.8. The topological polar surface area (TPSA) is 163 Å². The molecule has 0 saturated carbocycles. The Balaban J connectivity index is 0.00000200. The summed E-state index contributed by atoms with van der Waals surface area (Å²) in [4.78, 5) is 20.9. The monoisotopic (exact) mass is 286 g/mol. The maximum Gasteiger partial charge on any atom is 0.324 e. The minimum absolute atomic E-state index is 0. The molecule has 0 saturated heterocycles. The molecule has 20 heavy (non-hydrogen) atoms. The number of nitrogens with zero attached hydrogens (tertiary/aromatic N) is 4. The third kappa shape index (κ3) is 2.42. The van der Waals surface area contributed by atoms with Gasteiger partial charge in [-0.3, -0.25) is 19.5 Å². The van der Waals surface area contributed by atoms with Crippen LogP contribution in [0.5, 0.6) is 0 Å². The average molecular weight is 286 g/mol. The van der Waals surface area contributed by atoms with E-state index in [0.29, 0.717) is 0 Å². The fourth-order valence-electron chi connectivity index (χ4n) is 1.65. The van der Waals surface area contributed by atoms with E-state index in [4.69, 9.17) is 11.0 Å². The number of carbonyl (C=O) groups excluding carboxylic acids is 1. The summed E-state index contributed by atoms with van der Waals surface area (Å²) in [5.74, 6) is -2.34. The fraction of sp³-hybridized carbons (Fsp3) is 0.111. The van der Waals surface area contributed by atoms with Crippen molar-refractivity contribution in [2.45, 2.75) is 5.92 Å². The van der Waals surface area contributed by atoms with Crippen LogP contribution in [0.25, 0.3) is 11.0 Å². The van der Waals surface area contributed by atoms with Crippen molar-refractivity contribution in [2.24, 2.45) is 5.73 Å². The number of hydrogen-bond donors (Lipinski definition) is 1. The number of hydrogen-bond acceptors (Lipinski definition) is 7. The number of nitriles is 1. The molecule has 1 heterocycles. The van der Waals surface area contributed by atoms with E-state index < -0.39 is 28.0 Å². The molecule has 0 aliphatic carbocycles. The van der Waals surface area contributed by atoms with Crippen LogP contribution in [0.15, 0.2) is 16.8 Å². The van der Waals surface area contributed by atoms with Gasteiger partial charge >= 0.3 is 11.2 Å². The summed E-state index contributed by atoms with van der Waals surface area (Å²) in [6, 6.07) is 3.75. The summed E-state index contributed by atoms with van der Waals surface area (Å²) in [6.07, 6.45) is 0. The Morgan fingerprint density at radius 2 is 2.25 bits per heavy atom. The molecule has 11 heteroatoms. The van der Waals surface area contributed by atoms with Gasteiger partial charge in [0.25, 0.3) is 5.52 Å². The minimum atomic E-state index is -1.38. The number of fused-ring (bicyclic) bond motifs is 1. The predicted octanol–water partition coefficient (Wildman–Crippen LogP) is -0.919. The van der Waals surface area contributed by atoms with Gasteiger partial charge < -0.3 is 10.9 Å². The van der Waals surface area contributed by atoms with Crippen LogP contribution in [-0.4, -0.2) is 45.5 Å². The molecule has 2 aromatic rings. The van der Waals surface area contributed by atoms with E-state index in [-0.39, 0.29) is 45.5 Å². The Kier molecular flexibility index (Phi) is 4.61. The third-order valence-corrected chi connectivity index (χ3v) is 2.47. The average Bonchev–Trinajstić information content (AvgIpc) is 2.72. The van der Waals surface area contributed by atoms with Gasteiger partial charge in [0, 0.05) is 46.3 Å². The minimum Gasteiger partial charge on any atom is -0.368 e. The van der Waals surface area contributed by atoms with Gasteiger partial charge in [0.05, 0.1) is 11.0 Å². The van der Waals surface area contributed by atoms with E-state index in [1.807, 2.05) is 0 Å². The largest absolute Gasteiger partial charge is 0.368 e. The number of nitrogens with two attached hydrogens (primary N) is 1.